The van der Waals surface area contributed by atoms with E-state index in [2.05, 4.69) is 4.90 Å². The summed E-state index contributed by atoms with van der Waals surface area (Å²) in [6, 6.07) is 10.2. The summed E-state index contributed by atoms with van der Waals surface area (Å²) in [5.41, 5.74) is 1.09. The number of benzene rings is 2. The van der Waals surface area contributed by atoms with Crippen molar-refractivity contribution < 1.29 is 13.9 Å². The quantitative estimate of drug-likeness (QED) is 0.693. The van der Waals surface area contributed by atoms with Crippen LogP contribution < -0.4 is 9.47 Å². The van der Waals surface area contributed by atoms with Crippen LogP contribution >= 0.6 is 23.8 Å². The molecule has 1 aliphatic heterocycles. The molecule has 6 heteroatoms. The lowest BCUT2D eigenvalue weighted by molar-refractivity contribution is 0.279. The second-order valence-electron chi connectivity index (χ2n) is 5.83. The van der Waals surface area contributed by atoms with Gasteiger partial charge in [-0.2, -0.15) is 0 Å². The standard InChI is InChI=1S/C19H19ClFNO2S/c1-23-17-9-4-6-13(19(25)22-10-2-3-11-22)18(17)24-12-14-15(20)7-5-8-16(14)21/h4-9H,2-3,10-12H2,1H3. The topological polar surface area (TPSA) is 21.7 Å². The van der Waals surface area contributed by atoms with E-state index in [-0.39, 0.29) is 6.61 Å². The van der Waals surface area contributed by atoms with Crippen LogP contribution in [0.3, 0.4) is 0 Å². The molecule has 3 rings (SSSR count). The fraction of sp³-hybridized carbons (Fsp3) is 0.316. The van der Waals surface area contributed by atoms with Crippen LogP contribution in [0.2, 0.25) is 5.02 Å². The minimum atomic E-state index is -0.397. The van der Waals surface area contributed by atoms with Crippen molar-refractivity contribution >= 4 is 28.8 Å². The fourth-order valence-electron chi connectivity index (χ4n) is 2.90. The number of hydrogen-bond acceptors (Lipinski definition) is 3. The van der Waals surface area contributed by atoms with E-state index in [0.29, 0.717) is 22.1 Å². The highest BCUT2D eigenvalue weighted by Gasteiger charge is 2.22. The van der Waals surface area contributed by atoms with Gasteiger partial charge < -0.3 is 14.4 Å². The van der Waals surface area contributed by atoms with E-state index in [9.17, 15) is 4.39 Å². The molecule has 0 unspecified atom stereocenters. The highest BCUT2D eigenvalue weighted by Crippen LogP contribution is 2.34. The van der Waals surface area contributed by atoms with E-state index in [4.69, 9.17) is 33.3 Å². The third kappa shape index (κ3) is 3.88. The summed E-state index contributed by atoms with van der Waals surface area (Å²) in [6.45, 7) is 1.88. The molecule has 0 atom stereocenters. The summed E-state index contributed by atoms with van der Waals surface area (Å²) < 4.78 is 25.4. The predicted molar refractivity (Wildman–Crippen MR) is 101 cm³/mol. The van der Waals surface area contributed by atoms with E-state index in [0.717, 1.165) is 36.5 Å². The molecule has 0 amide bonds. The first-order valence-electron chi connectivity index (χ1n) is 8.13. The van der Waals surface area contributed by atoms with Gasteiger partial charge in [0.15, 0.2) is 11.5 Å². The van der Waals surface area contributed by atoms with Crippen LogP contribution in [-0.4, -0.2) is 30.1 Å². The minimum Gasteiger partial charge on any atom is -0.493 e. The number of para-hydroxylation sites is 1. The van der Waals surface area contributed by atoms with Gasteiger partial charge in [0, 0.05) is 18.7 Å². The Balaban J connectivity index is 1.90. The molecule has 0 bridgehead atoms. The first-order chi connectivity index (χ1) is 12.1. The summed E-state index contributed by atoms with van der Waals surface area (Å²) in [5, 5.41) is 0.332. The largest absolute Gasteiger partial charge is 0.493 e. The Labute approximate surface area is 157 Å². The zero-order valence-electron chi connectivity index (χ0n) is 13.9. The van der Waals surface area contributed by atoms with E-state index in [1.54, 1.807) is 25.3 Å². The molecule has 1 fully saturated rings. The van der Waals surface area contributed by atoms with Crippen LogP contribution in [-0.2, 0) is 6.61 Å². The Hall–Kier alpha value is -1.85. The average Bonchev–Trinajstić information content (AvgIpc) is 3.15. The van der Waals surface area contributed by atoms with Crippen molar-refractivity contribution in [1.29, 1.82) is 0 Å². The second kappa shape index (κ2) is 8.02. The maximum atomic E-state index is 14.0. The lowest BCUT2D eigenvalue weighted by Crippen LogP contribution is -2.27. The summed E-state index contributed by atoms with van der Waals surface area (Å²) in [5.74, 6) is 0.679. The van der Waals surface area contributed by atoms with Gasteiger partial charge in [-0.1, -0.05) is 36.0 Å². The predicted octanol–water partition coefficient (Wildman–Crippen LogP) is 4.84. The van der Waals surface area contributed by atoms with Gasteiger partial charge in [0.2, 0.25) is 0 Å². The molecule has 2 aromatic carbocycles. The normalized spacial score (nSPS) is 13.8. The molecular formula is C19H19ClFNO2S. The van der Waals surface area contributed by atoms with Crippen LogP contribution in [0, 0.1) is 5.82 Å². The van der Waals surface area contributed by atoms with Gasteiger partial charge in [-0.25, -0.2) is 4.39 Å². The molecule has 0 aromatic heterocycles. The Bertz CT molecular complexity index is 758. The van der Waals surface area contributed by atoms with E-state index < -0.39 is 5.82 Å². The number of nitrogens with zero attached hydrogens (tertiary/aromatic N) is 1. The van der Waals surface area contributed by atoms with E-state index in [1.807, 2.05) is 12.1 Å². The molecule has 2 aromatic rings. The van der Waals surface area contributed by atoms with Crippen LogP contribution in [0.4, 0.5) is 4.39 Å². The number of thiocarbonyl (C=S) groups is 1. The molecule has 25 heavy (non-hydrogen) atoms. The average molecular weight is 380 g/mol. The van der Waals surface area contributed by atoms with Crippen LogP contribution in [0.5, 0.6) is 11.5 Å². The van der Waals surface area contributed by atoms with E-state index in [1.165, 1.54) is 6.07 Å². The summed E-state index contributed by atoms with van der Waals surface area (Å²) in [7, 11) is 1.57. The van der Waals surface area contributed by atoms with Gasteiger partial charge >= 0.3 is 0 Å². The molecule has 1 aliphatic rings. The second-order valence-corrected chi connectivity index (χ2v) is 6.62. The van der Waals surface area contributed by atoms with Gasteiger partial charge in [-0.05, 0) is 37.1 Å². The molecule has 0 N–H and O–H groups in total. The number of methoxy groups -OCH3 is 1. The van der Waals surface area contributed by atoms with Crippen molar-refractivity contribution in [3.63, 3.8) is 0 Å². The Morgan fingerprint density at radius 1 is 1.20 bits per heavy atom. The zero-order valence-corrected chi connectivity index (χ0v) is 15.5. The first kappa shape index (κ1) is 18.0. The van der Waals surface area contributed by atoms with Crippen molar-refractivity contribution in [2.24, 2.45) is 0 Å². The van der Waals surface area contributed by atoms with Crippen molar-refractivity contribution in [2.75, 3.05) is 20.2 Å². The molecular weight excluding hydrogens is 361 g/mol. The molecule has 0 radical (unpaired) electrons. The molecule has 1 heterocycles. The lowest BCUT2D eigenvalue weighted by atomic mass is 10.1. The number of likely N-dealkylation sites (tertiary alicyclic amines) is 1. The van der Waals surface area contributed by atoms with Crippen LogP contribution in [0.15, 0.2) is 36.4 Å². The number of hydrogen-bond donors (Lipinski definition) is 0. The molecule has 132 valence electrons. The van der Waals surface area contributed by atoms with Gasteiger partial charge in [-0.3, -0.25) is 0 Å². The van der Waals surface area contributed by atoms with Gasteiger partial charge in [0.1, 0.15) is 17.4 Å². The van der Waals surface area contributed by atoms with E-state index >= 15 is 0 Å². The fourth-order valence-corrected chi connectivity index (χ4v) is 3.46. The first-order valence-corrected chi connectivity index (χ1v) is 8.92. The summed E-state index contributed by atoms with van der Waals surface area (Å²) in [4.78, 5) is 2.89. The molecule has 1 saturated heterocycles. The minimum absolute atomic E-state index is 0.00148. The van der Waals surface area contributed by atoms with Crippen LogP contribution in [0.1, 0.15) is 24.0 Å². The number of halogens is 2. The molecule has 0 aliphatic carbocycles. The number of ether oxygens (including phenoxy) is 2. The van der Waals surface area contributed by atoms with Crippen LogP contribution in [0.25, 0.3) is 0 Å². The monoisotopic (exact) mass is 379 g/mol. The maximum Gasteiger partial charge on any atom is 0.171 e. The van der Waals surface area contributed by atoms with Gasteiger partial charge in [0.25, 0.3) is 0 Å². The van der Waals surface area contributed by atoms with Crippen molar-refractivity contribution in [2.45, 2.75) is 19.4 Å². The van der Waals surface area contributed by atoms with Crippen molar-refractivity contribution in [1.82, 2.24) is 4.90 Å². The highest BCUT2D eigenvalue weighted by molar-refractivity contribution is 7.80. The maximum absolute atomic E-state index is 14.0. The highest BCUT2D eigenvalue weighted by atomic mass is 35.5. The van der Waals surface area contributed by atoms with Crippen molar-refractivity contribution in [3.8, 4) is 11.5 Å². The Morgan fingerprint density at radius 3 is 2.60 bits per heavy atom. The lowest BCUT2D eigenvalue weighted by Gasteiger charge is -2.22. The summed E-state index contributed by atoms with van der Waals surface area (Å²) in [6.07, 6.45) is 2.26. The molecule has 0 spiro atoms. The number of rotatable bonds is 5. The van der Waals surface area contributed by atoms with Crippen molar-refractivity contribution in [3.05, 3.63) is 58.4 Å². The SMILES string of the molecule is COc1cccc(C(=S)N2CCCC2)c1OCc1c(F)cccc1Cl. The Kier molecular flexibility index (Phi) is 5.76. The smallest absolute Gasteiger partial charge is 0.171 e. The summed E-state index contributed by atoms with van der Waals surface area (Å²) >= 11 is 11.7. The zero-order chi connectivity index (χ0) is 17.8. The third-order valence-corrected chi connectivity index (χ3v) is 5.08. The third-order valence-electron chi connectivity index (χ3n) is 4.25. The molecule has 0 saturated carbocycles. The Morgan fingerprint density at radius 2 is 1.92 bits per heavy atom. The van der Waals surface area contributed by atoms with Gasteiger partial charge in [0.05, 0.1) is 17.7 Å². The molecule has 3 nitrogen and oxygen atoms in total. The van der Waals surface area contributed by atoms with Gasteiger partial charge in [-0.15, -0.1) is 0 Å².